The summed E-state index contributed by atoms with van der Waals surface area (Å²) in [5.41, 5.74) is 6.29. The van der Waals surface area contributed by atoms with Crippen molar-refractivity contribution in [2.24, 2.45) is 11.7 Å². The summed E-state index contributed by atoms with van der Waals surface area (Å²) in [6.45, 7) is 2.16. The van der Waals surface area contributed by atoms with Crippen LogP contribution in [0.25, 0.3) is 0 Å². The summed E-state index contributed by atoms with van der Waals surface area (Å²) in [4.78, 5) is 36.2. The van der Waals surface area contributed by atoms with E-state index >= 15 is 0 Å². The van der Waals surface area contributed by atoms with Crippen LogP contribution in [0.1, 0.15) is 32.3 Å². The summed E-state index contributed by atoms with van der Waals surface area (Å²) < 4.78 is 81.1. The zero-order valence-electron chi connectivity index (χ0n) is 21.2. The van der Waals surface area contributed by atoms with E-state index in [-0.39, 0.29) is 12.8 Å². The van der Waals surface area contributed by atoms with E-state index in [0.29, 0.717) is 5.56 Å². The van der Waals surface area contributed by atoms with E-state index in [0.717, 1.165) is 6.26 Å². The molecule has 0 bridgehead atoms. The van der Waals surface area contributed by atoms with Gasteiger partial charge < -0.3 is 20.5 Å². The normalized spacial score (nSPS) is 14.0. The van der Waals surface area contributed by atoms with Gasteiger partial charge in [-0.25, -0.2) is 16.8 Å². The van der Waals surface area contributed by atoms with Gasteiger partial charge in [0.25, 0.3) is 0 Å². The first-order chi connectivity index (χ1) is 17.6. The number of nitrogens with one attached hydrogen (secondary N) is 1. The van der Waals surface area contributed by atoms with Gasteiger partial charge in [-0.15, -0.1) is 0 Å². The molecular formula is C22H32N2O11S3. The van der Waals surface area contributed by atoms with E-state index in [2.05, 4.69) is 5.32 Å². The molecule has 0 aliphatic carbocycles. The van der Waals surface area contributed by atoms with E-state index in [1.54, 1.807) is 37.3 Å². The second kappa shape index (κ2) is 14.9. The molecule has 0 heterocycles. The Morgan fingerprint density at radius 2 is 1.61 bits per heavy atom. The number of amides is 1. The van der Waals surface area contributed by atoms with Crippen LogP contribution in [-0.2, 0) is 60.2 Å². The topological polar surface area (TPSA) is 210 Å². The molecule has 13 nitrogen and oxygen atoms in total. The molecule has 3 N–H and O–H groups in total. The maximum atomic E-state index is 13.1. The predicted octanol–water partition coefficient (Wildman–Crippen LogP) is -1.01. The molecule has 0 saturated carbocycles. The molecule has 1 rings (SSSR count). The van der Waals surface area contributed by atoms with Gasteiger partial charge in [-0.2, -0.15) is 8.42 Å². The Bertz CT molecular complexity index is 1330. The van der Waals surface area contributed by atoms with Crippen molar-refractivity contribution in [1.82, 2.24) is 5.32 Å². The molecular weight excluding hydrogens is 564 g/mol. The number of esters is 2. The van der Waals surface area contributed by atoms with Crippen molar-refractivity contribution in [3.63, 3.8) is 0 Å². The van der Waals surface area contributed by atoms with Crippen LogP contribution in [0.5, 0.6) is 0 Å². The van der Waals surface area contributed by atoms with Crippen LogP contribution in [-0.4, -0.2) is 83.9 Å². The highest BCUT2D eigenvalue weighted by molar-refractivity contribution is 8.15. The first-order valence-electron chi connectivity index (χ1n) is 11.4. The zero-order chi connectivity index (χ0) is 29.1. The van der Waals surface area contributed by atoms with Crippen LogP contribution in [0.4, 0.5) is 0 Å². The molecule has 3 atom stereocenters. The SMILES string of the molecule is CCC(=O)OC(C)OC(=O)CNC(=O)C(Cc1ccccc1)CS(=O)(=O)C(C(N)CCS(C)(=O)=O)=S(=O)=O. The first kappa shape index (κ1) is 33.2. The second-order valence-corrected chi connectivity index (χ2v) is 13.8. The fourth-order valence-electron chi connectivity index (χ4n) is 3.21. The number of benzene rings is 1. The fraction of sp³-hybridized carbons (Fsp3) is 0.545. The lowest BCUT2D eigenvalue weighted by atomic mass is 10.0. The molecule has 16 heteroatoms. The average molecular weight is 597 g/mol. The highest BCUT2D eigenvalue weighted by Crippen LogP contribution is 2.15. The predicted molar refractivity (Wildman–Crippen MR) is 139 cm³/mol. The number of nitrogens with two attached hydrogens (primary N) is 1. The van der Waals surface area contributed by atoms with E-state index < -0.39 is 94.7 Å². The maximum absolute atomic E-state index is 13.1. The Morgan fingerprint density at radius 3 is 2.13 bits per heavy atom. The third-order valence-corrected chi connectivity index (χ3v) is 9.52. The molecule has 214 valence electrons. The van der Waals surface area contributed by atoms with E-state index in [4.69, 9.17) is 15.2 Å². The lowest BCUT2D eigenvalue weighted by molar-refractivity contribution is -0.183. The molecule has 38 heavy (non-hydrogen) atoms. The third-order valence-electron chi connectivity index (χ3n) is 4.98. The summed E-state index contributed by atoms with van der Waals surface area (Å²) >= 11 is 0. The van der Waals surface area contributed by atoms with Gasteiger partial charge in [0, 0.05) is 19.6 Å². The molecule has 0 aliphatic rings. The quantitative estimate of drug-likeness (QED) is 0.150. The Hall–Kier alpha value is -2.82. The maximum Gasteiger partial charge on any atom is 0.328 e. The minimum atomic E-state index is -4.68. The van der Waals surface area contributed by atoms with E-state index in [1.807, 2.05) is 0 Å². The Labute approximate surface area is 223 Å². The summed E-state index contributed by atoms with van der Waals surface area (Å²) in [6, 6.07) is 6.61. The van der Waals surface area contributed by atoms with Crippen LogP contribution >= 0.6 is 0 Å². The van der Waals surface area contributed by atoms with E-state index in [9.17, 15) is 39.6 Å². The number of hydrogen-bond donors (Lipinski definition) is 2. The van der Waals surface area contributed by atoms with Gasteiger partial charge in [-0.05, 0) is 18.4 Å². The third kappa shape index (κ3) is 12.1. The first-order valence-corrected chi connectivity index (χ1v) is 16.2. The van der Waals surface area contributed by atoms with E-state index in [1.165, 1.54) is 6.92 Å². The molecule has 0 radical (unpaired) electrons. The van der Waals surface area contributed by atoms with Crippen LogP contribution < -0.4 is 11.1 Å². The van der Waals surface area contributed by atoms with Gasteiger partial charge >= 0.3 is 11.9 Å². The number of hydrogen-bond acceptors (Lipinski definition) is 12. The number of carbonyl (C=O) groups is 3. The fourth-order valence-corrected chi connectivity index (χ4v) is 6.84. The van der Waals surface area contributed by atoms with Gasteiger partial charge in [-0.1, -0.05) is 37.3 Å². The Balaban J connectivity index is 3.10. The van der Waals surface area contributed by atoms with Gasteiger partial charge in [0.15, 0.2) is 14.0 Å². The molecule has 0 fully saturated rings. The van der Waals surface area contributed by atoms with Gasteiger partial charge in [0.1, 0.15) is 16.4 Å². The van der Waals surface area contributed by atoms with Gasteiger partial charge in [-0.3, -0.25) is 14.4 Å². The summed E-state index contributed by atoms with van der Waals surface area (Å²) in [6.07, 6.45) is -0.877. The summed E-state index contributed by atoms with van der Waals surface area (Å²) in [5.74, 6) is -5.36. The average Bonchev–Trinajstić information content (AvgIpc) is 2.80. The van der Waals surface area contributed by atoms with Crippen molar-refractivity contribution >= 4 is 52.0 Å². The van der Waals surface area contributed by atoms with Crippen LogP contribution in [0.2, 0.25) is 0 Å². The Kier molecular flexibility index (Phi) is 13.1. The second-order valence-electron chi connectivity index (χ2n) is 8.37. The van der Waals surface area contributed by atoms with Crippen molar-refractivity contribution in [1.29, 1.82) is 0 Å². The van der Waals surface area contributed by atoms with Crippen molar-refractivity contribution < 1.29 is 49.1 Å². The molecule has 0 aromatic heterocycles. The van der Waals surface area contributed by atoms with Crippen LogP contribution in [0, 0.1) is 5.92 Å². The summed E-state index contributed by atoms with van der Waals surface area (Å²) in [5, 5.41) is 2.25. The highest BCUT2D eigenvalue weighted by atomic mass is 32.2. The molecule has 0 aliphatic heterocycles. The number of sulfone groups is 2. The zero-order valence-corrected chi connectivity index (χ0v) is 23.6. The van der Waals surface area contributed by atoms with Crippen LogP contribution in [0.15, 0.2) is 30.3 Å². The molecule has 1 aromatic carbocycles. The van der Waals surface area contributed by atoms with Gasteiger partial charge in [0.2, 0.25) is 22.5 Å². The van der Waals surface area contributed by atoms with Crippen LogP contribution in [0.3, 0.4) is 0 Å². The minimum Gasteiger partial charge on any atom is -0.425 e. The van der Waals surface area contributed by atoms with Crippen molar-refractivity contribution in [3.05, 3.63) is 35.9 Å². The minimum absolute atomic E-state index is 0.0549. The van der Waals surface area contributed by atoms with Crippen molar-refractivity contribution in [2.75, 3.05) is 24.3 Å². The Morgan fingerprint density at radius 1 is 1.03 bits per heavy atom. The summed E-state index contributed by atoms with van der Waals surface area (Å²) in [7, 11) is -11.6. The number of rotatable bonds is 14. The number of carbonyl (C=O) groups excluding carboxylic acids is 3. The lowest BCUT2D eigenvalue weighted by Gasteiger charge is -2.19. The lowest BCUT2D eigenvalue weighted by Crippen LogP contribution is -2.44. The molecule has 1 amide bonds. The smallest absolute Gasteiger partial charge is 0.328 e. The standard InChI is InChI=1S/C22H32N2O11S3/c1-4-19(25)34-15(2)35-20(26)13-24-21(27)17(12-16-8-6-5-7-9-16)14-38(32,33)22(36(28)29)18(23)10-11-37(3,30)31/h5-9,15,17-18H,4,10-14,23H2,1-3H3,(H,24,27). The molecule has 1 aromatic rings. The van der Waals surface area contributed by atoms with Crippen molar-refractivity contribution in [2.45, 2.75) is 45.4 Å². The van der Waals surface area contributed by atoms with Gasteiger partial charge in [0.05, 0.1) is 23.5 Å². The monoisotopic (exact) mass is 596 g/mol. The molecule has 0 spiro atoms. The largest absolute Gasteiger partial charge is 0.425 e. The number of ether oxygens (including phenoxy) is 2. The highest BCUT2D eigenvalue weighted by Gasteiger charge is 2.34. The van der Waals surface area contributed by atoms with Crippen molar-refractivity contribution in [3.8, 4) is 0 Å². The molecule has 0 saturated heterocycles. The molecule has 3 unspecified atom stereocenters.